The number of hydrogen-bond donors (Lipinski definition) is 0. The summed E-state index contributed by atoms with van der Waals surface area (Å²) in [7, 11) is 0. The van der Waals surface area contributed by atoms with Crippen molar-refractivity contribution in [3.8, 4) is 69.7 Å². The van der Waals surface area contributed by atoms with Gasteiger partial charge in [0.05, 0.1) is 0 Å². The fourth-order valence-corrected chi connectivity index (χ4v) is 6.42. The number of hydrogen-bond acceptors (Lipinski definition) is 9. The molecule has 0 N–H and O–H groups in total. The second kappa shape index (κ2) is 25.2. The van der Waals surface area contributed by atoms with Gasteiger partial charge in [0.1, 0.15) is 17.5 Å². The normalized spacial score (nSPS) is 11.6. The van der Waals surface area contributed by atoms with Crippen LogP contribution in [0.1, 0.15) is 130 Å². The van der Waals surface area contributed by atoms with Crippen LogP contribution in [0.3, 0.4) is 0 Å². The third-order valence-electron chi connectivity index (χ3n) is 11.4. The van der Waals surface area contributed by atoms with E-state index in [9.17, 15) is 13.2 Å². The quantitative estimate of drug-likeness (QED) is 0.130. The highest BCUT2D eigenvalue weighted by molar-refractivity contribution is 5.59. The molecule has 3 atom stereocenters. The summed E-state index contributed by atoms with van der Waals surface area (Å²) in [6, 6.07) is 41.5. The van der Waals surface area contributed by atoms with Gasteiger partial charge in [-0.3, -0.25) is 0 Å². The fraction of sp³-hybridized carbons (Fsp3) is 0.200. The second-order valence-electron chi connectivity index (χ2n) is 16.8. The number of rotatable bonds is 9. The van der Waals surface area contributed by atoms with Crippen LogP contribution < -0.4 is 0 Å². The summed E-state index contributed by atoms with van der Waals surface area (Å²) < 4.78 is 55.3. The van der Waals surface area contributed by atoms with Crippen molar-refractivity contribution in [1.82, 2.24) is 30.4 Å². The number of aromatic nitrogens is 6. The minimum Gasteiger partial charge on any atom is -0.339 e. The third-order valence-corrected chi connectivity index (χ3v) is 11.4. The SMILES string of the molecule is CCC(C)c1nc(-c2ccc(C#Cc3cccc(F)c3)cc2)no1.CCC(C)c1nc(-c2ccc(C#Cc3cccc(F)c3)cc2)no1.CCC(C)c1nc(-c2ccc(C#Cc3cccc(F)c3)cc2)no1. The molecule has 3 heterocycles. The first-order valence-corrected chi connectivity index (χ1v) is 23.6. The van der Waals surface area contributed by atoms with Gasteiger partial charge < -0.3 is 13.6 Å². The molecule has 0 saturated carbocycles. The van der Waals surface area contributed by atoms with Crippen molar-refractivity contribution in [2.45, 2.75) is 78.6 Å². The maximum absolute atomic E-state index is 13.1. The zero-order valence-corrected chi connectivity index (χ0v) is 40.8. The zero-order valence-electron chi connectivity index (χ0n) is 40.8. The molecule has 3 unspecified atom stereocenters. The molecule has 360 valence electrons. The van der Waals surface area contributed by atoms with E-state index in [0.29, 0.717) is 51.8 Å². The molecule has 9 nitrogen and oxygen atoms in total. The van der Waals surface area contributed by atoms with Gasteiger partial charge in [-0.05, 0) is 147 Å². The lowest BCUT2D eigenvalue weighted by molar-refractivity contribution is 0.357. The fourth-order valence-electron chi connectivity index (χ4n) is 6.42. The van der Waals surface area contributed by atoms with Crippen molar-refractivity contribution >= 4 is 0 Å². The minimum atomic E-state index is -0.286. The van der Waals surface area contributed by atoms with Crippen molar-refractivity contribution in [1.29, 1.82) is 0 Å². The molecule has 6 aromatic carbocycles. The highest BCUT2D eigenvalue weighted by atomic mass is 19.1. The minimum absolute atomic E-state index is 0.252. The molecular weight excluding hydrogens is 910 g/mol. The number of halogens is 3. The maximum atomic E-state index is 13.1. The molecular formula is C60H51F3N6O3. The molecule has 0 amide bonds. The van der Waals surface area contributed by atoms with Crippen LogP contribution in [0, 0.1) is 53.0 Å². The van der Waals surface area contributed by atoms with Crippen LogP contribution in [0.25, 0.3) is 34.2 Å². The van der Waals surface area contributed by atoms with Gasteiger partial charge in [0, 0.05) is 67.8 Å². The summed E-state index contributed by atoms with van der Waals surface area (Å²) in [5.41, 5.74) is 7.11. The van der Waals surface area contributed by atoms with Crippen molar-refractivity contribution in [2.24, 2.45) is 0 Å². The van der Waals surface area contributed by atoms with E-state index in [1.807, 2.05) is 72.8 Å². The Balaban J connectivity index is 0.000000158. The van der Waals surface area contributed by atoms with Crippen molar-refractivity contribution < 1.29 is 26.7 Å². The van der Waals surface area contributed by atoms with Crippen molar-refractivity contribution in [3.63, 3.8) is 0 Å². The molecule has 0 aliphatic carbocycles. The lowest BCUT2D eigenvalue weighted by Gasteiger charge is -1.98. The Morgan fingerprint density at radius 2 is 0.611 bits per heavy atom. The largest absolute Gasteiger partial charge is 0.339 e. The van der Waals surface area contributed by atoms with Crippen LogP contribution in [0.4, 0.5) is 13.2 Å². The molecule has 9 aromatic rings. The van der Waals surface area contributed by atoms with E-state index in [-0.39, 0.29) is 35.2 Å². The first kappa shape index (κ1) is 51.1. The summed E-state index contributed by atoms with van der Waals surface area (Å²) >= 11 is 0. The second-order valence-corrected chi connectivity index (χ2v) is 16.8. The molecule has 0 aliphatic heterocycles. The molecule has 72 heavy (non-hydrogen) atoms. The van der Waals surface area contributed by atoms with Gasteiger partial charge in [-0.25, -0.2) is 13.2 Å². The van der Waals surface area contributed by atoms with E-state index in [1.165, 1.54) is 36.4 Å². The average molecular weight is 961 g/mol. The summed E-state index contributed by atoms with van der Waals surface area (Å²) in [5, 5.41) is 12.1. The van der Waals surface area contributed by atoms with E-state index < -0.39 is 0 Å². The molecule has 0 bridgehead atoms. The molecule has 12 heteroatoms. The van der Waals surface area contributed by atoms with E-state index in [4.69, 9.17) is 13.6 Å². The van der Waals surface area contributed by atoms with Gasteiger partial charge in [0.15, 0.2) is 0 Å². The van der Waals surface area contributed by atoms with Crippen molar-refractivity contribution in [3.05, 3.63) is 214 Å². The Morgan fingerprint density at radius 1 is 0.361 bits per heavy atom. The van der Waals surface area contributed by atoms with E-state index in [1.54, 1.807) is 36.4 Å². The monoisotopic (exact) mass is 960 g/mol. The van der Waals surface area contributed by atoms with Crippen LogP contribution in [-0.4, -0.2) is 30.4 Å². The predicted molar refractivity (Wildman–Crippen MR) is 272 cm³/mol. The smallest absolute Gasteiger partial charge is 0.229 e. The molecule has 9 rings (SSSR count). The Morgan fingerprint density at radius 3 is 0.847 bits per heavy atom. The molecule has 0 aliphatic rings. The van der Waals surface area contributed by atoms with Crippen molar-refractivity contribution in [2.75, 3.05) is 0 Å². The number of benzene rings is 6. The Hall–Kier alpha value is -8.79. The van der Waals surface area contributed by atoms with Gasteiger partial charge in [0.2, 0.25) is 35.1 Å². The molecule has 0 saturated heterocycles. The molecule has 0 spiro atoms. The van der Waals surface area contributed by atoms with Gasteiger partial charge >= 0.3 is 0 Å². The predicted octanol–water partition coefficient (Wildman–Crippen LogP) is 14.4. The first-order chi connectivity index (χ1) is 35.0. The Kier molecular flexibility index (Phi) is 17.9. The molecule has 0 radical (unpaired) electrons. The van der Waals surface area contributed by atoms with E-state index in [2.05, 4.69) is 107 Å². The summed E-state index contributed by atoms with van der Waals surface area (Å²) in [6.45, 7) is 12.4. The van der Waals surface area contributed by atoms with Gasteiger partial charge in [0.25, 0.3) is 0 Å². The Bertz CT molecular complexity index is 3020. The van der Waals surface area contributed by atoms with Gasteiger partial charge in [-0.15, -0.1) is 0 Å². The first-order valence-electron chi connectivity index (χ1n) is 23.6. The zero-order chi connectivity index (χ0) is 50.8. The summed E-state index contributed by atoms with van der Waals surface area (Å²) in [4.78, 5) is 13.3. The van der Waals surface area contributed by atoms with Crippen LogP contribution >= 0.6 is 0 Å². The topological polar surface area (TPSA) is 117 Å². The van der Waals surface area contributed by atoms with Gasteiger partial charge in [-0.1, -0.05) is 111 Å². The molecule has 3 aromatic heterocycles. The number of nitrogens with zero attached hydrogens (tertiary/aromatic N) is 6. The van der Waals surface area contributed by atoms with Crippen LogP contribution in [0.2, 0.25) is 0 Å². The Labute approximate surface area is 418 Å². The lowest BCUT2D eigenvalue weighted by atomic mass is 10.1. The van der Waals surface area contributed by atoms with E-state index in [0.717, 1.165) is 52.6 Å². The maximum Gasteiger partial charge on any atom is 0.229 e. The summed E-state index contributed by atoms with van der Waals surface area (Å²) in [6.07, 6.45) is 2.86. The van der Waals surface area contributed by atoms with Crippen LogP contribution in [0.15, 0.2) is 159 Å². The van der Waals surface area contributed by atoms with Crippen LogP contribution in [0.5, 0.6) is 0 Å². The van der Waals surface area contributed by atoms with E-state index >= 15 is 0 Å². The molecule has 0 fully saturated rings. The standard InChI is InChI=1S/3C20H17FN2O/c3*1-3-14(2)20-22-19(23-24-20)17-11-9-15(10-12-17)7-8-16-5-4-6-18(21)13-16/h3*4-6,9-14H,3H2,1-2H3. The lowest BCUT2D eigenvalue weighted by Crippen LogP contribution is -1.91. The average Bonchev–Trinajstić information content (AvgIpc) is 4.23. The highest BCUT2D eigenvalue weighted by Gasteiger charge is 2.16. The van der Waals surface area contributed by atoms with Gasteiger partial charge in [-0.2, -0.15) is 15.0 Å². The summed E-state index contributed by atoms with van der Waals surface area (Å²) in [5.74, 6) is 21.5. The highest BCUT2D eigenvalue weighted by Crippen LogP contribution is 2.25. The third kappa shape index (κ3) is 14.6. The van der Waals surface area contributed by atoms with Crippen LogP contribution in [-0.2, 0) is 0 Å².